The smallest absolute Gasteiger partial charge is 0.250 e. The zero-order valence-electron chi connectivity index (χ0n) is 13.7. The molecule has 0 aliphatic rings. The summed E-state index contributed by atoms with van der Waals surface area (Å²) in [6.07, 6.45) is 0. The highest BCUT2D eigenvalue weighted by Crippen LogP contribution is 2.41. The van der Waals surface area contributed by atoms with Crippen LogP contribution in [-0.2, 0) is 0 Å². The van der Waals surface area contributed by atoms with Gasteiger partial charge < -0.3 is 14.3 Å². The van der Waals surface area contributed by atoms with Gasteiger partial charge in [-0.1, -0.05) is 20.8 Å². The van der Waals surface area contributed by atoms with Gasteiger partial charge in [0.15, 0.2) is 0 Å². The molecule has 3 nitrogen and oxygen atoms in total. The van der Waals surface area contributed by atoms with Crippen molar-refractivity contribution in [3.63, 3.8) is 0 Å². The molecule has 0 amide bonds. The van der Waals surface area contributed by atoms with Crippen LogP contribution in [0, 0.1) is 0 Å². The SMILES string of the molecule is COc1cc(O[Si](C)(C)C(C)(C)C)c2ccc(O)cc2c1. The lowest BCUT2D eigenvalue weighted by molar-refractivity contribution is 0.412. The van der Waals surface area contributed by atoms with E-state index in [1.54, 1.807) is 19.2 Å². The van der Waals surface area contributed by atoms with Crippen LogP contribution in [-0.4, -0.2) is 20.5 Å². The number of ether oxygens (including phenoxy) is 1. The average molecular weight is 304 g/mol. The number of methoxy groups -OCH3 is 1. The fourth-order valence-electron chi connectivity index (χ4n) is 1.93. The standard InChI is InChI=1S/C17H24O3Si/c1-17(2,3)21(5,6)20-16-11-14(19-4)10-12-9-13(18)7-8-15(12)16/h7-11,18H,1-6H3. The summed E-state index contributed by atoms with van der Waals surface area (Å²) in [6.45, 7) is 11.1. The van der Waals surface area contributed by atoms with Gasteiger partial charge in [-0.25, -0.2) is 0 Å². The predicted octanol–water partition coefficient (Wildman–Crippen LogP) is 4.94. The van der Waals surface area contributed by atoms with Crippen molar-refractivity contribution in [2.24, 2.45) is 0 Å². The van der Waals surface area contributed by atoms with Crippen molar-refractivity contribution in [1.29, 1.82) is 0 Å². The van der Waals surface area contributed by atoms with Gasteiger partial charge in [-0.2, -0.15) is 0 Å². The summed E-state index contributed by atoms with van der Waals surface area (Å²) in [5.41, 5.74) is 0. The van der Waals surface area contributed by atoms with Crippen molar-refractivity contribution in [2.75, 3.05) is 7.11 Å². The third-order valence-electron chi connectivity index (χ3n) is 4.28. The average Bonchev–Trinajstić information content (AvgIpc) is 2.36. The van der Waals surface area contributed by atoms with Crippen LogP contribution < -0.4 is 9.16 Å². The van der Waals surface area contributed by atoms with E-state index in [-0.39, 0.29) is 10.8 Å². The van der Waals surface area contributed by atoms with Crippen molar-refractivity contribution in [3.05, 3.63) is 30.3 Å². The van der Waals surface area contributed by atoms with Crippen LogP contribution in [0.25, 0.3) is 10.8 Å². The third-order valence-corrected chi connectivity index (χ3v) is 8.62. The maximum absolute atomic E-state index is 9.67. The zero-order valence-corrected chi connectivity index (χ0v) is 14.7. The largest absolute Gasteiger partial charge is 0.543 e. The molecule has 0 atom stereocenters. The molecule has 0 aliphatic heterocycles. The van der Waals surface area contributed by atoms with Crippen molar-refractivity contribution in [3.8, 4) is 17.2 Å². The van der Waals surface area contributed by atoms with Gasteiger partial charge >= 0.3 is 0 Å². The van der Waals surface area contributed by atoms with E-state index in [9.17, 15) is 5.11 Å². The lowest BCUT2D eigenvalue weighted by Crippen LogP contribution is -2.43. The number of rotatable bonds is 3. The molecule has 0 saturated heterocycles. The molecule has 21 heavy (non-hydrogen) atoms. The Labute approximate surface area is 127 Å². The molecule has 0 aliphatic carbocycles. The van der Waals surface area contributed by atoms with Gasteiger partial charge in [0, 0.05) is 11.5 Å². The predicted molar refractivity (Wildman–Crippen MR) is 90.0 cm³/mol. The highest BCUT2D eigenvalue weighted by molar-refractivity contribution is 6.74. The Kier molecular flexibility index (Phi) is 3.93. The molecule has 2 aromatic carbocycles. The van der Waals surface area contributed by atoms with Crippen molar-refractivity contribution in [1.82, 2.24) is 0 Å². The second-order valence-corrected chi connectivity index (χ2v) is 11.6. The van der Waals surface area contributed by atoms with Crippen molar-refractivity contribution >= 4 is 19.1 Å². The molecule has 0 radical (unpaired) electrons. The first-order chi connectivity index (χ1) is 9.64. The van der Waals surface area contributed by atoms with E-state index in [0.717, 1.165) is 22.3 Å². The highest BCUT2D eigenvalue weighted by atomic mass is 28.4. The molecule has 0 unspecified atom stereocenters. The molecular formula is C17H24O3Si. The molecular weight excluding hydrogens is 280 g/mol. The van der Waals surface area contributed by atoms with Gasteiger partial charge in [-0.15, -0.1) is 0 Å². The van der Waals surface area contributed by atoms with Crippen LogP contribution >= 0.6 is 0 Å². The van der Waals surface area contributed by atoms with Gasteiger partial charge in [0.1, 0.15) is 17.2 Å². The summed E-state index contributed by atoms with van der Waals surface area (Å²) >= 11 is 0. The summed E-state index contributed by atoms with van der Waals surface area (Å²) < 4.78 is 11.8. The first-order valence-corrected chi connectivity index (χ1v) is 10.0. The van der Waals surface area contributed by atoms with Gasteiger partial charge in [0.2, 0.25) is 0 Å². The summed E-state index contributed by atoms with van der Waals surface area (Å²) in [7, 11) is -0.291. The lowest BCUT2D eigenvalue weighted by Gasteiger charge is -2.36. The zero-order chi connectivity index (χ0) is 15.8. The summed E-state index contributed by atoms with van der Waals surface area (Å²) in [6, 6.07) is 9.16. The maximum Gasteiger partial charge on any atom is 0.250 e. The Morgan fingerprint density at radius 2 is 1.71 bits per heavy atom. The number of benzene rings is 2. The van der Waals surface area contributed by atoms with E-state index in [4.69, 9.17) is 9.16 Å². The minimum absolute atomic E-state index is 0.124. The number of phenols is 1. The Bertz CT molecular complexity index is 657. The van der Waals surface area contributed by atoms with E-state index in [0.29, 0.717) is 0 Å². The fraction of sp³-hybridized carbons (Fsp3) is 0.412. The monoisotopic (exact) mass is 304 g/mol. The quantitative estimate of drug-likeness (QED) is 0.816. The van der Waals surface area contributed by atoms with Gasteiger partial charge in [-0.3, -0.25) is 0 Å². The van der Waals surface area contributed by atoms with E-state index in [1.807, 2.05) is 18.2 Å². The topological polar surface area (TPSA) is 38.7 Å². The van der Waals surface area contributed by atoms with E-state index >= 15 is 0 Å². The van der Waals surface area contributed by atoms with Crippen LogP contribution in [0.15, 0.2) is 30.3 Å². The minimum Gasteiger partial charge on any atom is -0.543 e. The number of phenolic OH excluding ortho intramolecular Hbond substituents is 1. The highest BCUT2D eigenvalue weighted by Gasteiger charge is 2.39. The first-order valence-electron chi connectivity index (χ1n) is 7.14. The molecule has 2 aromatic rings. The minimum atomic E-state index is -1.93. The second kappa shape index (κ2) is 5.26. The molecule has 0 bridgehead atoms. The fourth-order valence-corrected chi connectivity index (χ4v) is 2.95. The Balaban J connectivity index is 2.57. The van der Waals surface area contributed by atoms with Crippen LogP contribution in [0.3, 0.4) is 0 Å². The van der Waals surface area contributed by atoms with E-state index in [2.05, 4.69) is 33.9 Å². The normalized spacial score (nSPS) is 12.5. The Morgan fingerprint density at radius 3 is 2.29 bits per heavy atom. The van der Waals surface area contributed by atoms with E-state index in [1.165, 1.54) is 0 Å². The summed E-state index contributed by atoms with van der Waals surface area (Å²) in [4.78, 5) is 0. The second-order valence-electron chi connectivity index (χ2n) is 6.89. The number of fused-ring (bicyclic) bond motifs is 1. The summed E-state index contributed by atoms with van der Waals surface area (Å²) in [5, 5.41) is 11.7. The van der Waals surface area contributed by atoms with Crippen LogP contribution in [0.4, 0.5) is 0 Å². The van der Waals surface area contributed by atoms with E-state index < -0.39 is 8.32 Å². The van der Waals surface area contributed by atoms with Crippen molar-refractivity contribution in [2.45, 2.75) is 38.9 Å². The van der Waals surface area contributed by atoms with Crippen molar-refractivity contribution < 1.29 is 14.3 Å². The number of hydrogen-bond acceptors (Lipinski definition) is 3. The van der Waals surface area contributed by atoms with Crippen LogP contribution in [0.1, 0.15) is 20.8 Å². The number of aromatic hydroxyl groups is 1. The molecule has 0 aromatic heterocycles. The Hall–Kier alpha value is -1.68. The maximum atomic E-state index is 9.67. The van der Waals surface area contributed by atoms with Gasteiger partial charge in [0.25, 0.3) is 8.32 Å². The van der Waals surface area contributed by atoms with Gasteiger partial charge in [-0.05, 0) is 47.8 Å². The molecule has 0 heterocycles. The molecule has 0 spiro atoms. The molecule has 1 N–H and O–H groups in total. The van der Waals surface area contributed by atoms with Gasteiger partial charge in [0.05, 0.1) is 7.11 Å². The third kappa shape index (κ3) is 3.15. The number of hydrogen-bond donors (Lipinski definition) is 1. The van der Waals surface area contributed by atoms with Crippen LogP contribution in [0.5, 0.6) is 17.2 Å². The van der Waals surface area contributed by atoms with Crippen LogP contribution in [0.2, 0.25) is 18.1 Å². The molecule has 2 rings (SSSR count). The molecule has 0 saturated carbocycles. The first kappa shape index (κ1) is 15.7. The molecule has 0 fully saturated rings. The molecule has 4 heteroatoms. The lowest BCUT2D eigenvalue weighted by atomic mass is 10.1. The summed E-state index contributed by atoms with van der Waals surface area (Å²) in [5.74, 6) is 1.81. The molecule has 114 valence electrons. The Morgan fingerprint density at radius 1 is 1.05 bits per heavy atom.